The maximum atomic E-state index is 11.0. The summed E-state index contributed by atoms with van der Waals surface area (Å²) in [5.41, 5.74) is 0. The molecule has 15 heavy (non-hydrogen) atoms. The molecule has 0 aromatic rings. The minimum Gasteiger partial charge on any atom is -0.482 e. The van der Waals surface area contributed by atoms with Crippen molar-refractivity contribution >= 4 is 5.78 Å². The van der Waals surface area contributed by atoms with E-state index in [1.165, 1.54) is 6.92 Å². The van der Waals surface area contributed by atoms with Gasteiger partial charge in [0, 0.05) is 19.2 Å². The van der Waals surface area contributed by atoms with E-state index in [1.807, 2.05) is 0 Å². The van der Waals surface area contributed by atoms with Gasteiger partial charge in [0.15, 0.2) is 11.7 Å². The number of likely N-dealkylation sites (tertiary alicyclic amines) is 1. The van der Waals surface area contributed by atoms with Gasteiger partial charge >= 0.3 is 0 Å². The zero-order chi connectivity index (χ0) is 10.8. The highest BCUT2D eigenvalue weighted by Gasteiger charge is 2.34. The number of rotatable bonds is 3. The Bertz CT molecular complexity index is 276. The van der Waals surface area contributed by atoms with Crippen LogP contribution in [0.1, 0.15) is 19.8 Å². The number of hydrogen-bond donors (Lipinski definition) is 0. The van der Waals surface area contributed by atoms with E-state index in [4.69, 9.17) is 9.47 Å². The van der Waals surface area contributed by atoms with E-state index in [2.05, 4.69) is 4.90 Å². The first kappa shape index (κ1) is 10.5. The van der Waals surface area contributed by atoms with Gasteiger partial charge in [0.05, 0.1) is 19.3 Å². The van der Waals surface area contributed by atoms with Gasteiger partial charge in [-0.2, -0.15) is 0 Å². The molecule has 4 heteroatoms. The van der Waals surface area contributed by atoms with E-state index in [0.29, 0.717) is 18.1 Å². The minimum atomic E-state index is 0.0192. The van der Waals surface area contributed by atoms with Crippen LogP contribution in [0.15, 0.2) is 12.0 Å². The van der Waals surface area contributed by atoms with E-state index in [-0.39, 0.29) is 5.78 Å². The van der Waals surface area contributed by atoms with Gasteiger partial charge in [0.1, 0.15) is 0 Å². The van der Waals surface area contributed by atoms with E-state index < -0.39 is 0 Å². The number of fused-ring (bicyclic) bond motifs is 2. The molecule has 2 aliphatic heterocycles. The van der Waals surface area contributed by atoms with E-state index in [1.54, 1.807) is 13.2 Å². The molecule has 0 radical (unpaired) electrons. The summed E-state index contributed by atoms with van der Waals surface area (Å²) in [7, 11) is 1.60. The molecule has 2 aliphatic rings. The van der Waals surface area contributed by atoms with Crippen LogP contribution in [-0.2, 0) is 14.3 Å². The molecule has 2 unspecified atom stereocenters. The molecular weight excluding hydrogens is 194 g/mol. The predicted molar refractivity (Wildman–Crippen MR) is 55.2 cm³/mol. The van der Waals surface area contributed by atoms with E-state index in [9.17, 15) is 4.79 Å². The summed E-state index contributed by atoms with van der Waals surface area (Å²) in [6.07, 6.45) is 4.42. The number of ketones is 1. The summed E-state index contributed by atoms with van der Waals surface area (Å²) in [5, 5.41) is 0. The third kappa shape index (κ3) is 2.31. The first-order valence-electron chi connectivity index (χ1n) is 5.35. The number of nitrogens with zero attached hydrogens (tertiary/aromatic N) is 1. The van der Waals surface area contributed by atoms with Crippen molar-refractivity contribution in [2.45, 2.75) is 32.0 Å². The molecule has 2 fully saturated rings. The number of carbonyl (C=O) groups is 1. The molecular formula is C11H17NO3. The monoisotopic (exact) mass is 211 g/mol. The molecule has 0 aliphatic carbocycles. The number of ether oxygens (including phenoxy) is 2. The van der Waals surface area contributed by atoms with Gasteiger partial charge < -0.3 is 14.4 Å². The van der Waals surface area contributed by atoms with Crippen LogP contribution in [0.3, 0.4) is 0 Å². The summed E-state index contributed by atoms with van der Waals surface area (Å²) in [5.74, 6) is 0.688. The Morgan fingerprint density at radius 2 is 2.00 bits per heavy atom. The van der Waals surface area contributed by atoms with Gasteiger partial charge in [-0.15, -0.1) is 0 Å². The third-order valence-electron chi connectivity index (χ3n) is 2.89. The van der Waals surface area contributed by atoms with Crippen LogP contribution in [0.2, 0.25) is 0 Å². The normalized spacial score (nSPS) is 30.5. The number of methoxy groups -OCH3 is 1. The van der Waals surface area contributed by atoms with Crippen LogP contribution < -0.4 is 0 Å². The second-order valence-electron chi connectivity index (χ2n) is 4.16. The van der Waals surface area contributed by atoms with Crippen molar-refractivity contribution in [3.8, 4) is 0 Å². The highest BCUT2D eigenvalue weighted by molar-refractivity contribution is 5.87. The fourth-order valence-electron chi connectivity index (χ4n) is 2.25. The predicted octanol–water partition coefficient (Wildman–Crippen LogP) is 0.926. The Labute approximate surface area is 89.8 Å². The lowest BCUT2D eigenvalue weighted by molar-refractivity contribution is -0.113. The van der Waals surface area contributed by atoms with Crippen LogP contribution in [0, 0.1) is 0 Å². The molecule has 2 rings (SSSR count). The van der Waals surface area contributed by atoms with Crippen molar-refractivity contribution in [1.82, 2.24) is 4.90 Å². The molecule has 2 bridgehead atoms. The smallest absolute Gasteiger partial charge is 0.192 e. The Morgan fingerprint density at radius 3 is 2.47 bits per heavy atom. The Balaban J connectivity index is 2.06. The van der Waals surface area contributed by atoms with Crippen molar-refractivity contribution in [2.24, 2.45) is 0 Å². The topological polar surface area (TPSA) is 38.8 Å². The van der Waals surface area contributed by atoms with Gasteiger partial charge in [0.2, 0.25) is 0 Å². The average molecular weight is 211 g/mol. The van der Waals surface area contributed by atoms with Crippen molar-refractivity contribution < 1.29 is 14.3 Å². The number of hydrogen-bond acceptors (Lipinski definition) is 4. The van der Waals surface area contributed by atoms with Crippen molar-refractivity contribution in [1.29, 1.82) is 0 Å². The summed E-state index contributed by atoms with van der Waals surface area (Å²) in [6, 6.07) is 0. The standard InChI is InChI=1S/C11H17NO3/c1-8(13)5-11(14-2)12-6-9-3-4-10(7-12)15-9/h5,9-10H,3-4,6-7H2,1-2H3. The van der Waals surface area contributed by atoms with Crippen LogP contribution in [0.4, 0.5) is 0 Å². The minimum absolute atomic E-state index is 0.0192. The molecule has 0 saturated carbocycles. The van der Waals surface area contributed by atoms with Crippen molar-refractivity contribution in [2.75, 3.05) is 20.2 Å². The fourth-order valence-corrected chi connectivity index (χ4v) is 2.25. The van der Waals surface area contributed by atoms with Gasteiger partial charge in [-0.05, 0) is 19.8 Å². The lowest BCUT2D eigenvalue weighted by Gasteiger charge is -2.34. The van der Waals surface area contributed by atoms with Gasteiger partial charge in [0.25, 0.3) is 0 Å². The van der Waals surface area contributed by atoms with Crippen molar-refractivity contribution in [3.63, 3.8) is 0 Å². The Hall–Kier alpha value is -1.03. The largest absolute Gasteiger partial charge is 0.482 e. The first-order valence-corrected chi connectivity index (χ1v) is 5.35. The first-order chi connectivity index (χ1) is 7.19. The zero-order valence-electron chi connectivity index (χ0n) is 9.23. The number of morpholine rings is 1. The fraction of sp³-hybridized carbons (Fsp3) is 0.727. The molecule has 0 N–H and O–H groups in total. The molecule has 0 aromatic carbocycles. The second kappa shape index (κ2) is 4.23. The van der Waals surface area contributed by atoms with Gasteiger partial charge in [-0.1, -0.05) is 0 Å². The Kier molecular flexibility index (Phi) is 2.95. The highest BCUT2D eigenvalue weighted by atomic mass is 16.5. The number of carbonyl (C=O) groups excluding carboxylic acids is 1. The Morgan fingerprint density at radius 1 is 1.40 bits per heavy atom. The molecule has 2 atom stereocenters. The van der Waals surface area contributed by atoms with Gasteiger partial charge in [-0.3, -0.25) is 4.79 Å². The third-order valence-corrected chi connectivity index (χ3v) is 2.89. The average Bonchev–Trinajstić information content (AvgIpc) is 2.54. The SMILES string of the molecule is COC(=CC(C)=O)N1CC2CCC(C1)O2. The molecule has 2 heterocycles. The summed E-state index contributed by atoms with van der Waals surface area (Å²) in [4.78, 5) is 13.1. The highest BCUT2D eigenvalue weighted by Crippen LogP contribution is 2.28. The van der Waals surface area contributed by atoms with Crippen LogP contribution in [0.5, 0.6) is 0 Å². The molecule has 0 aromatic heterocycles. The van der Waals surface area contributed by atoms with E-state index in [0.717, 1.165) is 25.9 Å². The quantitative estimate of drug-likeness (QED) is 0.514. The molecule has 84 valence electrons. The molecule has 4 nitrogen and oxygen atoms in total. The lowest BCUT2D eigenvalue weighted by Crippen LogP contribution is -2.42. The maximum Gasteiger partial charge on any atom is 0.192 e. The summed E-state index contributed by atoms with van der Waals surface area (Å²) < 4.78 is 11.0. The maximum absolute atomic E-state index is 11.0. The van der Waals surface area contributed by atoms with Crippen molar-refractivity contribution in [3.05, 3.63) is 12.0 Å². The lowest BCUT2D eigenvalue weighted by atomic mass is 10.2. The van der Waals surface area contributed by atoms with Crippen LogP contribution in [0.25, 0.3) is 0 Å². The molecule has 2 saturated heterocycles. The van der Waals surface area contributed by atoms with Crippen LogP contribution in [-0.4, -0.2) is 43.1 Å². The van der Waals surface area contributed by atoms with Crippen LogP contribution >= 0.6 is 0 Å². The van der Waals surface area contributed by atoms with Gasteiger partial charge in [-0.25, -0.2) is 0 Å². The summed E-state index contributed by atoms with van der Waals surface area (Å²) in [6.45, 7) is 3.21. The number of allylic oxidation sites excluding steroid dienone is 1. The molecule has 0 spiro atoms. The van der Waals surface area contributed by atoms with E-state index >= 15 is 0 Å². The molecule has 0 amide bonds. The zero-order valence-corrected chi connectivity index (χ0v) is 9.23. The summed E-state index contributed by atoms with van der Waals surface area (Å²) >= 11 is 0. The second-order valence-corrected chi connectivity index (χ2v) is 4.16.